The molecule has 7 unspecified atom stereocenters. The SMILES string of the molecule is CCCC1CC2CCC(c3cc(F)c(F)c(F)c3)C(F)C(F)C2(F)C1F. The molecule has 1 aromatic carbocycles. The summed E-state index contributed by atoms with van der Waals surface area (Å²) in [5.41, 5.74) is -3.22. The van der Waals surface area contributed by atoms with Crippen molar-refractivity contribution in [2.24, 2.45) is 11.8 Å². The van der Waals surface area contributed by atoms with Gasteiger partial charge in [-0.25, -0.2) is 30.7 Å². The van der Waals surface area contributed by atoms with Crippen LogP contribution in [0.2, 0.25) is 0 Å². The van der Waals surface area contributed by atoms with E-state index in [2.05, 4.69) is 0 Å². The summed E-state index contributed by atoms with van der Waals surface area (Å²) in [7, 11) is 0. The van der Waals surface area contributed by atoms with Crippen LogP contribution in [0.3, 0.4) is 0 Å². The van der Waals surface area contributed by atoms with Gasteiger partial charge in [0.2, 0.25) is 0 Å². The van der Waals surface area contributed by atoms with E-state index in [1.807, 2.05) is 6.92 Å². The lowest BCUT2D eigenvalue weighted by molar-refractivity contribution is -0.0667. The molecule has 0 aliphatic heterocycles. The second-order valence-corrected chi connectivity index (χ2v) is 7.54. The molecule has 0 nitrogen and oxygen atoms in total. The normalized spacial score (nSPS) is 40.3. The quantitative estimate of drug-likeness (QED) is 0.435. The number of alkyl halides is 4. The second-order valence-electron chi connectivity index (χ2n) is 7.54. The van der Waals surface area contributed by atoms with Gasteiger partial charge >= 0.3 is 0 Å². The van der Waals surface area contributed by atoms with Gasteiger partial charge in [-0.1, -0.05) is 13.3 Å². The van der Waals surface area contributed by atoms with Gasteiger partial charge in [0, 0.05) is 5.92 Å². The summed E-state index contributed by atoms with van der Waals surface area (Å²) < 4.78 is 99.6. The van der Waals surface area contributed by atoms with Crippen molar-refractivity contribution in [3.05, 3.63) is 35.1 Å². The zero-order valence-corrected chi connectivity index (χ0v) is 14.3. The molecule has 2 saturated carbocycles. The standard InChI is InChI=1S/C19H21F7/c1-2-3-9-6-11-4-5-12(10-7-13(20)16(23)14(21)8-10)15(22)18(25)19(11,26)17(9)24/h7-9,11-12,15,17-18H,2-6H2,1H3. The Hall–Kier alpha value is -1.27. The molecule has 0 N–H and O–H groups in total. The van der Waals surface area contributed by atoms with Gasteiger partial charge in [0.05, 0.1) is 0 Å². The van der Waals surface area contributed by atoms with E-state index >= 15 is 4.39 Å². The van der Waals surface area contributed by atoms with Gasteiger partial charge in [-0.15, -0.1) is 0 Å². The lowest BCUT2D eigenvalue weighted by atomic mass is 9.84. The van der Waals surface area contributed by atoms with Gasteiger partial charge in [-0.2, -0.15) is 0 Å². The predicted octanol–water partition coefficient (Wildman–Crippen LogP) is 6.14. The van der Waals surface area contributed by atoms with E-state index in [0.717, 1.165) is 0 Å². The Kier molecular flexibility index (Phi) is 5.28. The zero-order valence-electron chi connectivity index (χ0n) is 14.3. The molecule has 3 rings (SSSR count). The van der Waals surface area contributed by atoms with Crippen molar-refractivity contribution in [1.82, 2.24) is 0 Å². The summed E-state index contributed by atoms with van der Waals surface area (Å²) in [6, 6.07) is 1.20. The number of hydrogen-bond acceptors (Lipinski definition) is 0. The first-order valence-corrected chi connectivity index (χ1v) is 8.97. The molecular formula is C19H21F7. The first-order chi connectivity index (χ1) is 12.2. The average Bonchev–Trinajstić information content (AvgIpc) is 2.79. The third-order valence-corrected chi connectivity index (χ3v) is 6.06. The maximum absolute atomic E-state index is 15.3. The summed E-state index contributed by atoms with van der Waals surface area (Å²) in [6.45, 7) is 1.81. The van der Waals surface area contributed by atoms with Crippen molar-refractivity contribution in [1.29, 1.82) is 0 Å². The van der Waals surface area contributed by atoms with Gasteiger partial charge in [-0.3, -0.25) is 0 Å². The molecule has 0 heterocycles. The molecule has 2 aliphatic rings. The van der Waals surface area contributed by atoms with Crippen molar-refractivity contribution in [2.45, 2.75) is 69.1 Å². The molecule has 7 heteroatoms. The summed E-state index contributed by atoms with van der Waals surface area (Å²) in [5.74, 6) is -7.74. The Labute approximate surface area is 147 Å². The van der Waals surface area contributed by atoms with Crippen LogP contribution >= 0.6 is 0 Å². The molecule has 0 spiro atoms. The maximum Gasteiger partial charge on any atom is 0.194 e. The molecule has 26 heavy (non-hydrogen) atoms. The van der Waals surface area contributed by atoms with E-state index in [0.29, 0.717) is 25.0 Å². The lowest BCUT2D eigenvalue weighted by Crippen LogP contribution is -2.50. The Morgan fingerprint density at radius 2 is 1.62 bits per heavy atom. The van der Waals surface area contributed by atoms with Crippen LogP contribution in [0.25, 0.3) is 0 Å². The second kappa shape index (κ2) is 7.04. The number of benzene rings is 1. The first kappa shape index (κ1) is 19.5. The molecule has 1 aromatic rings. The van der Waals surface area contributed by atoms with Gasteiger partial charge in [0.1, 0.15) is 12.3 Å². The van der Waals surface area contributed by atoms with Crippen molar-refractivity contribution in [2.75, 3.05) is 0 Å². The van der Waals surface area contributed by atoms with Crippen LogP contribution in [0.5, 0.6) is 0 Å². The molecule has 0 saturated heterocycles. The highest BCUT2D eigenvalue weighted by atomic mass is 19.2. The van der Waals surface area contributed by atoms with Gasteiger partial charge in [-0.05, 0) is 55.2 Å². The highest BCUT2D eigenvalue weighted by molar-refractivity contribution is 5.27. The predicted molar refractivity (Wildman–Crippen MR) is 83.3 cm³/mol. The average molecular weight is 382 g/mol. The summed E-state index contributed by atoms with van der Waals surface area (Å²) in [4.78, 5) is 0. The van der Waals surface area contributed by atoms with Crippen LogP contribution in [-0.4, -0.2) is 24.2 Å². The molecule has 7 atom stereocenters. The van der Waals surface area contributed by atoms with E-state index in [1.54, 1.807) is 0 Å². The minimum absolute atomic E-state index is 0.00323. The number of rotatable bonds is 3. The van der Waals surface area contributed by atoms with Crippen LogP contribution < -0.4 is 0 Å². The van der Waals surface area contributed by atoms with Crippen LogP contribution in [0.4, 0.5) is 30.7 Å². The van der Waals surface area contributed by atoms with E-state index in [4.69, 9.17) is 0 Å². The maximum atomic E-state index is 15.3. The largest absolute Gasteiger partial charge is 0.244 e. The zero-order chi connectivity index (χ0) is 19.2. The molecule has 0 bridgehead atoms. The fourth-order valence-electron chi connectivity index (χ4n) is 4.73. The van der Waals surface area contributed by atoms with E-state index in [9.17, 15) is 26.3 Å². The molecule has 0 aromatic heterocycles. The van der Waals surface area contributed by atoms with Crippen molar-refractivity contribution in [3.8, 4) is 0 Å². The number of hydrogen-bond donors (Lipinski definition) is 0. The highest BCUT2D eigenvalue weighted by Crippen LogP contribution is 2.56. The van der Waals surface area contributed by atoms with Crippen LogP contribution in [-0.2, 0) is 0 Å². The Morgan fingerprint density at radius 3 is 2.19 bits per heavy atom. The fraction of sp³-hybridized carbons (Fsp3) is 0.684. The number of halogens is 7. The monoisotopic (exact) mass is 382 g/mol. The molecule has 2 aliphatic carbocycles. The topological polar surface area (TPSA) is 0 Å². The van der Waals surface area contributed by atoms with Gasteiger partial charge in [0.15, 0.2) is 29.3 Å². The van der Waals surface area contributed by atoms with Crippen LogP contribution in [0, 0.1) is 29.3 Å². The van der Waals surface area contributed by atoms with Crippen molar-refractivity contribution in [3.63, 3.8) is 0 Å². The van der Waals surface area contributed by atoms with Crippen LogP contribution in [0.1, 0.15) is 50.5 Å². The van der Waals surface area contributed by atoms with Crippen molar-refractivity contribution < 1.29 is 30.7 Å². The summed E-state index contributed by atoms with van der Waals surface area (Å²) in [5, 5.41) is 0. The fourth-order valence-corrected chi connectivity index (χ4v) is 4.73. The lowest BCUT2D eigenvalue weighted by Gasteiger charge is -2.33. The minimum atomic E-state index is -2.94. The molecule has 0 radical (unpaired) electrons. The highest BCUT2D eigenvalue weighted by Gasteiger charge is 2.64. The van der Waals surface area contributed by atoms with Gasteiger partial charge < -0.3 is 0 Å². The van der Waals surface area contributed by atoms with Gasteiger partial charge in [0.25, 0.3) is 0 Å². The minimum Gasteiger partial charge on any atom is -0.244 e. The third kappa shape index (κ3) is 2.91. The summed E-state index contributed by atoms with van der Waals surface area (Å²) in [6.07, 6.45) is -6.28. The van der Waals surface area contributed by atoms with E-state index in [1.165, 1.54) is 0 Å². The third-order valence-electron chi connectivity index (χ3n) is 6.06. The molecule has 2 fully saturated rings. The van der Waals surface area contributed by atoms with Crippen molar-refractivity contribution >= 4 is 0 Å². The Morgan fingerprint density at radius 1 is 1.00 bits per heavy atom. The number of fused-ring (bicyclic) bond motifs is 1. The Bertz CT molecular complexity index is 640. The first-order valence-electron chi connectivity index (χ1n) is 8.97. The summed E-state index contributed by atoms with van der Waals surface area (Å²) >= 11 is 0. The molecule has 0 amide bonds. The molecular weight excluding hydrogens is 361 g/mol. The van der Waals surface area contributed by atoms with E-state index < -0.39 is 59.4 Å². The van der Waals surface area contributed by atoms with E-state index in [-0.39, 0.29) is 24.8 Å². The smallest absolute Gasteiger partial charge is 0.194 e. The van der Waals surface area contributed by atoms with Crippen LogP contribution in [0.15, 0.2) is 12.1 Å². The Balaban J connectivity index is 1.92. The molecule has 146 valence electrons.